The molecule has 0 N–H and O–H groups in total. The van der Waals surface area contributed by atoms with E-state index in [0.717, 1.165) is 53.8 Å². The Morgan fingerprint density at radius 1 is 1.20 bits per heavy atom. The summed E-state index contributed by atoms with van der Waals surface area (Å²) in [4.78, 5) is 25.4. The Bertz CT molecular complexity index is 1030. The number of aryl methyl sites for hydroxylation is 1. The van der Waals surface area contributed by atoms with Gasteiger partial charge in [0.05, 0.1) is 5.39 Å². The van der Waals surface area contributed by atoms with E-state index in [0.29, 0.717) is 11.4 Å². The van der Waals surface area contributed by atoms with E-state index in [1.807, 2.05) is 25.1 Å². The summed E-state index contributed by atoms with van der Waals surface area (Å²) in [5.41, 5.74) is 2.06. The minimum absolute atomic E-state index is 0.0234. The van der Waals surface area contributed by atoms with Gasteiger partial charge in [0.1, 0.15) is 21.6 Å². The number of aromatic nitrogens is 2. The molecule has 1 aliphatic rings. The average Bonchev–Trinajstić information content (AvgIpc) is 3.09. The van der Waals surface area contributed by atoms with Gasteiger partial charge in [-0.05, 0) is 62.3 Å². The molecule has 5 nitrogen and oxygen atoms in total. The first-order chi connectivity index (χ1) is 14.6. The zero-order chi connectivity index (χ0) is 21.1. The second-order valence-corrected chi connectivity index (χ2v) is 9.05. The Balaban J connectivity index is 1.69. The van der Waals surface area contributed by atoms with Gasteiger partial charge in [0.15, 0.2) is 0 Å². The van der Waals surface area contributed by atoms with Crippen molar-refractivity contribution in [3.05, 3.63) is 51.6 Å². The molecule has 1 fully saturated rings. The number of anilines is 1. The molecule has 0 bridgehead atoms. The maximum absolute atomic E-state index is 12.9. The van der Waals surface area contributed by atoms with Crippen LogP contribution in [-0.4, -0.2) is 28.6 Å². The van der Waals surface area contributed by atoms with Crippen LogP contribution in [0.5, 0.6) is 0 Å². The number of benzene rings is 1. The molecule has 0 saturated heterocycles. The Morgan fingerprint density at radius 2 is 1.93 bits per heavy atom. The molecule has 1 aliphatic carbocycles. The molecule has 0 atom stereocenters. The SMILES string of the molecule is CCN(Cc1ccccc1)c1nc(Cl)nc2sc(C(=O)OC3CCCCC3)c(C)c12. The number of hydrogen-bond donors (Lipinski definition) is 0. The summed E-state index contributed by atoms with van der Waals surface area (Å²) in [6.07, 6.45) is 5.40. The summed E-state index contributed by atoms with van der Waals surface area (Å²) in [6.45, 7) is 5.50. The molecule has 2 aromatic heterocycles. The second kappa shape index (κ2) is 9.31. The van der Waals surface area contributed by atoms with Gasteiger partial charge in [0.25, 0.3) is 0 Å². The number of carbonyl (C=O) groups is 1. The lowest BCUT2D eigenvalue weighted by molar-refractivity contribution is 0.0216. The lowest BCUT2D eigenvalue weighted by Gasteiger charge is -2.23. The van der Waals surface area contributed by atoms with Crippen LogP contribution in [-0.2, 0) is 11.3 Å². The van der Waals surface area contributed by atoms with Gasteiger partial charge >= 0.3 is 5.97 Å². The van der Waals surface area contributed by atoms with Crippen LogP contribution in [0.4, 0.5) is 5.82 Å². The lowest BCUT2D eigenvalue weighted by atomic mass is 9.98. The molecule has 0 spiro atoms. The lowest BCUT2D eigenvalue weighted by Crippen LogP contribution is -2.23. The summed E-state index contributed by atoms with van der Waals surface area (Å²) in [5.74, 6) is 0.511. The summed E-state index contributed by atoms with van der Waals surface area (Å²) in [6, 6.07) is 10.3. The van der Waals surface area contributed by atoms with Crippen LogP contribution in [0.15, 0.2) is 30.3 Å². The maximum Gasteiger partial charge on any atom is 0.348 e. The number of ether oxygens (including phenoxy) is 1. The molecule has 30 heavy (non-hydrogen) atoms. The molecule has 0 aliphatic heterocycles. The third kappa shape index (κ3) is 4.44. The minimum atomic E-state index is -0.254. The largest absolute Gasteiger partial charge is 0.458 e. The predicted molar refractivity (Wildman–Crippen MR) is 123 cm³/mol. The highest BCUT2D eigenvalue weighted by Crippen LogP contribution is 2.37. The summed E-state index contributed by atoms with van der Waals surface area (Å²) in [7, 11) is 0. The van der Waals surface area contributed by atoms with Gasteiger partial charge in [-0.15, -0.1) is 11.3 Å². The molecule has 0 amide bonds. The zero-order valence-corrected chi connectivity index (χ0v) is 18.9. The van der Waals surface area contributed by atoms with Crippen molar-refractivity contribution in [2.75, 3.05) is 11.4 Å². The van der Waals surface area contributed by atoms with Crippen LogP contribution in [0.25, 0.3) is 10.2 Å². The third-order valence-corrected chi connectivity index (χ3v) is 6.99. The van der Waals surface area contributed by atoms with Gasteiger partial charge in [-0.25, -0.2) is 9.78 Å². The Morgan fingerprint density at radius 3 is 2.63 bits per heavy atom. The average molecular weight is 444 g/mol. The molecular weight excluding hydrogens is 418 g/mol. The molecule has 0 unspecified atom stereocenters. The monoisotopic (exact) mass is 443 g/mol. The van der Waals surface area contributed by atoms with E-state index in [9.17, 15) is 4.79 Å². The summed E-state index contributed by atoms with van der Waals surface area (Å²) in [5, 5.41) is 1.08. The van der Waals surface area contributed by atoms with E-state index >= 15 is 0 Å². The van der Waals surface area contributed by atoms with E-state index in [1.165, 1.54) is 23.3 Å². The van der Waals surface area contributed by atoms with Gasteiger partial charge in [0, 0.05) is 13.1 Å². The fourth-order valence-corrected chi connectivity index (χ4v) is 5.32. The van der Waals surface area contributed by atoms with E-state index in [2.05, 4.69) is 33.9 Å². The Kier molecular flexibility index (Phi) is 6.54. The quantitative estimate of drug-likeness (QED) is 0.337. The van der Waals surface area contributed by atoms with Gasteiger partial charge < -0.3 is 9.64 Å². The number of thiophene rings is 1. The fraction of sp³-hybridized carbons (Fsp3) is 0.435. The number of carbonyl (C=O) groups excluding carboxylic acids is 1. The van der Waals surface area contributed by atoms with E-state index < -0.39 is 0 Å². The Hall–Kier alpha value is -2.18. The van der Waals surface area contributed by atoms with Crippen LogP contribution in [0.1, 0.15) is 59.8 Å². The Labute approximate surface area is 186 Å². The standard InChI is InChI=1S/C23H26ClN3O2S/c1-3-27(14-16-10-6-4-7-11-16)20-18-15(2)19(30-21(18)26-23(24)25-20)22(28)29-17-12-8-5-9-13-17/h4,6-7,10-11,17H,3,5,8-9,12-14H2,1-2H3. The molecule has 7 heteroatoms. The first-order valence-corrected chi connectivity index (χ1v) is 11.7. The maximum atomic E-state index is 12.9. The summed E-state index contributed by atoms with van der Waals surface area (Å²) < 4.78 is 5.82. The van der Waals surface area contributed by atoms with Crippen molar-refractivity contribution in [3.63, 3.8) is 0 Å². The van der Waals surface area contributed by atoms with Gasteiger partial charge in [-0.3, -0.25) is 0 Å². The molecule has 4 rings (SSSR count). The number of nitrogens with zero attached hydrogens (tertiary/aromatic N) is 3. The van der Waals surface area contributed by atoms with E-state index in [4.69, 9.17) is 16.3 Å². The van der Waals surface area contributed by atoms with Crippen LogP contribution >= 0.6 is 22.9 Å². The fourth-order valence-electron chi connectivity index (χ4n) is 4.04. The normalized spacial score (nSPS) is 14.8. The van der Waals surface area contributed by atoms with Crippen molar-refractivity contribution in [3.8, 4) is 0 Å². The van der Waals surface area contributed by atoms with Crippen molar-refractivity contribution in [1.82, 2.24) is 9.97 Å². The van der Waals surface area contributed by atoms with Crippen LogP contribution in [0.3, 0.4) is 0 Å². The molecule has 0 radical (unpaired) electrons. The molecule has 2 heterocycles. The number of fused-ring (bicyclic) bond motifs is 1. The number of rotatable bonds is 6. The molecular formula is C23H26ClN3O2S. The predicted octanol–water partition coefficient (Wildman–Crippen LogP) is 6.17. The molecule has 1 aromatic carbocycles. The van der Waals surface area contributed by atoms with E-state index in [-0.39, 0.29) is 17.4 Å². The topological polar surface area (TPSA) is 55.3 Å². The van der Waals surface area contributed by atoms with Gasteiger partial charge in [0.2, 0.25) is 5.28 Å². The first-order valence-electron chi connectivity index (χ1n) is 10.5. The number of esters is 1. The third-order valence-electron chi connectivity index (χ3n) is 5.65. The van der Waals surface area contributed by atoms with Crippen LogP contribution in [0.2, 0.25) is 5.28 Å². The smallest absolute Gasteiger partial charge is 0.348 e. The molecule has 3 aromatic rings. The highest BCUT2D eigenvalue weighted by molar-refractivity contribution is 7.20. The zero-order valence-electron chi connectivity index (χ0n) is 17.4. The van der Waals surface area contributed by atoms with Gasteiger partial charge in [-0.2, -0.15) is 4.98 Å². The van der Waals surface area contributed by atoms with Crippen LogP contribution in [0, 0.1) is 6.92 Å². The minimum Gasteiger partial charge on any atom is -0.458 e. The number of halogens is 1. The first kappa shape index (κ1) is 21.1. The molecule has 1 saturated carbocycles. The van der Waals surface area contributed by atoms with Crippen molar-refractivity contribution in [2.24, 2.45) is 0 Å². The highest BCUT2D eigenvalue weighted by atomic mass is 35.5. The molecule has 158 valence electrons. The summed E-state index contributed by atoms with van der Waals surface area (Å²) >= 11 is 7.61. The van der Waals surface area contributed by atoms with Crippen molar-refractivity contribution >= 4 is 44.9 Å². The van der Waals surface area contributed by atoms with Crippen molar-refractivity contribution in [2.45, 2.75) is 58.6 Å². The van der Waals surface area contributed by atoms with Crippen molar-refractivity contribution in [1.29, 1.82) is 0 Å². The number of hydrogen-bond acceptors (Lipinski definition) is 6. The van der Waals surface area contributed by atoms with Crippen molar-refractivity contribution < 1.29 is 9.53 Å². The highest BCUT2D eigenvalue weighted by Gasteiger charge is 2.26. The second-order valence-electron chi connectivity index (χ2n) is 7.72. The van der Waals surface area contributed by atoms with Crippen LogP contribution < -0.4 is 4.90 Å². The van der Waals surface area contributed by atoms with Gasteiger partial charge in [-0.1, -0.05) is 36.8 Å². The van der Waals surface area contributed by atoms with E-state index in [1.54, 1.807) is 0 Å².